The predicted molar refractivity (Wildman–Crippen MR) is 119 cm³/mol. The molecule has 0 spiro atoms. The Morgan fingerprint density at radius 3 is 2.67 bits per heavy atom. The lowest BCUT2D eigenvalue weighted by molar-refractivity contribution is 0.0682. The van der Waals surface area contributed by atoms with E-state index < -0.39 is 0 Å². The van der Waals surface area contributed by atoms with Gasteiger partial charge in [-0.2, -0.15) is 5.10 Å². The molecule has 3 aromatic rings. The lowest BCUT2D eigenvalue weighted by Gasteiger charge is -2.31. The number of hydrogen-bond donors (Lipinski definition) is 0. The van der Waals surface area contributed by atoms with Crippen LogP contribution in [0.15, 0.2) is 42.0 Å². The first kappa shape index (κ1) is 20.6. The Labute approximate surface area is 181 Å². The van der Waals surface area contributed by atoms with Crippen LogP contribution in [-0.4, -0.2) is 45.3 Å². The fourth-order valence-electron chi connectivity index (χ4n) is 3.91. The molecule has 1 aliphatic heterocycles. The summed E-state index contributed by atoms with van der Waals surface area (Å²) in [5.41, 5.74) is 2.85. The van der Waals surface area contributed by atoms with Gasteiger partial charge in [-0.3, -0.25) is 9.48 Å². The van der Waals surface area contributed by atoms with Crippen LogP contribution >= 0.6 is 11.3 Å². The Balaban J connectivity index is 1.26. The molecule has 0 radical (unpaired) electrons. The highest BCUT2D eigenvalue weighted by Crippen LogP contribution is 2.27. The van der Waals surface area contributed by atoms with E-state index in [1.165, 1.54) is 16.9 Å². The first-order valence-corrected chi connectivity index (χ1v) is 11.5. The van der Waals surface area contributed by atoms with E-state index in [0.717, 1.165) is 55.1 Å². The molecule has 3 heterocycles. The molecular formula is C23H28N4O2S. The number of carbonyl (C=O) groups is 1. The van der Waals surface area contributed by atoms with E-state index in [1.54, 1.807) is 10.9 Å². The summed E-state index contributed by atoms with van der Waals surface area (Å²) in [4.78, 5) is 19.4. The number of benzene rings is 1. The fourth-order valence-corrected chi connectivity index (χ4v) is 4.68. The molecule has 1 saturated heterocycles. The normalized spacial score (nSPS) is 14.8. The van der Waals surface area contributed by atoms with Crippen LogP contribution in [0.5, 0.6) is 5.75 Å². The molecule has 158 valence electrons. The van der Waals surface area contributed by atoms with Crippen LogP contribution in [0, 0.1) is 5.92 Å². The number of carbonyl (C=O) groups excluding carboxylic acids is 1. The van der Waals surface area contributed by atoms with Gasteiger partial charge in [0.15, 0.2) is 0 Å². The molecule has 0 atom stereocenters. The third kappa shape index (κ3) is 4.90. The lowest BCUT2D eigenvalue weighted by Crippen LogP contribution is -2.38. The monoisotopic (exact) mass is 424 g/mol. The summed E-state index contributed by atoms with van der Waals surface area (Å²) in [6, 6.07) is 8.42. The van der Waals surface area contributed by atoms with Crippen LogP contribution in [0.1, 0.15) is 42.2 Å². The van der Waals surface area contributed by atoms with Gasteiger partial charge >= 0.3 is 0 Å². The van der Waals surface area contributed by atoms with Crippen molar-refractivity contribution in [2.24, 2.45) is 13.0 Å². The number of hydrogen-bond acceptors (Lipinski definition) is 5. The first-order chi connectivity index (χ1) is 14.6. The molecule has 1 aliphatic rings. The van der Waals surface area contributed by atoms with Crippen LogP contribution < -0.4 is 4.74 Å². The molecule has 0 bridgehead atoms. The van der Waals surface area contributed by atoms with Crippen molar-refractivity contribution in [1.29, 1.82) is 0 Å². The molecule has 2 aromatic heterocycles. The van der Waals surface area contributed by atoms with E-state index >= 15 is 0 Å². The zero-order valence-corrected chi connectivity index (χ0v) is 18.4. The molecule has 1 fully saturated rings. The second-order valence-corrected chi connectivity index (χ2v) is 8.65. The summed E-state index contributed by atoms with van der Waals surface area (Å²) in [5.74, 6) is 1.65. The highest BCUT2D eigenvalue weighted by molar-refractivity contribution is 7.13. The van der Waals surface area contributed by atoms with Crippen molar-refractivity contribution in [2.45, 2.75) is 32.6 Å². The van der Waals surface area contributed by atoms with Gasteiger partial charge in [-0.1, -0.05) is 12.1 Å². The Morgan fingerprint density at radius 2 is 2.00 bits per heavy atom. The van der Waals surface area contributed by atoms with Crippen LogP contribution in [0.4, 0.5) is 0 Å². The second kappa shape index (κ2) is 9.43. The van der Waals surface area contributed by atoms with Crippen molar-refractivity contribution in [3.8, 4) is 16.3 Å². The summed E-state index contributed by atoms with van der Waals surface area (Å²) in [7, 11) is 1.88. The second-order valence-electron chi connectivity index (χ2n) is 7.79. The minimum Gasteiger partial charge on any atom is -0.494 e. The topological polar surface area (TPSA) is 60.2 Å². The minimum atomic E-state index is 0.0475. The quantitative estimate of drug-likeness (QED) is 0.563. The van der Waals surface area contributed by atoms with E-state index in [-0.39, 0.29) is 5.91 Å². The smallest absolute Gasteiger partial charge is 0.273 e. The van der Waals surface area contributed by atoms with Crippen molar-refractivity contribution in [3.05, 3.63) is 53.3 Å². The molecule has 6 nitrogen and oxygen atoms in total. The Hall–Kier alpha value is -2.67. The standard InChI is InChI=1S/C23H28N4O2S/c1-3-29-20-8-6-17(7-9-20)4-5-18-10-12-27(13-11-18)23(28)21-16-30-22(25-21)19-14-24-26(2)15-19/h6-9,14-16,18H,3-5,10-13H2,1-2H3. The summed E-state index contributed by atoms with van der Waals surface area (Å²) in [6.45, 7) is 4.32. The summed E-state index contributed by atoms with van der Waals surface area (Å²) < 4.78 is 7.25. The molecule has 1 aromatic carbocycles. The van der Waals surface area contributed by atoms with E-state index in [1.807, 2.05) is 42.6 Å². The van der Waals surface area contributed by atoms with Gasteiger partial charge in [0.05, 0.1) is 12.8 Å². The number of nitrogens with zero attached hydrogens (tertiary/aromatic N) is 4. The van der Waals surface area contributed by atoms with Crippen molar-refractivity contribution in [2.75, 3.05) is 19.7 Å². The number of amides is 1. The molecule has 0 aliphatic carbocycles. The van der Waals surface area contributed by atoms with Gasteiger partial charge in [0.1, 0.15) is 16.5 Å². The highest BCUT2D eigenvalue weighted by Gasteiger charge is 2.25. The number of piperidine rings is 1. The van der Waals surface area contributed by atoms with E-state index in [9.17, 15) is 4.79 Å². The van der Waals surface area contributed by atoms with Gasteiger partial charge in [0, 0.05) is 37.3 Å². The van der Waals surface area contributed by atoms with Gasteiger partial charge in [0.25, 0.3) is 5.91 Å². The third-order valence-electron chi connectivity index (χ3n) is 5.65. The number of thiazole rings is 1. The highest BCUT2D eigenvalue weighted by atomic mass is 32.1. The van der Waals surface area contributed by atoms with E-state index in [0.29, 0.717) is 18.2 Å². The average molecular weight is 425 g/mol. The summed E-state index contributed by atoms with van der Waals surface area (Å²) in [5, 5.41) is 6.89. The maximum atomic E-state index is 12.9. The van der Waals surface area contributed by atoms with Gasteiger partial charge < -0.3 is 9.64 Å². The van der Waals surface area contributed by atoms with E-state index in [4.69, 9.17) is 4.74 Å². The van der Waals surface area contributed by atoms with E-state index in [2.05, 4.69) is 22.2 Å². The SMILES string of the molecule is CCOc1ccc(CCC2CCN(C(=O)c3csc(-c4cnn(C)c4)n3)CC2)cc1. The molecule has 1 amide bonds. The van der Waals surface area contributed by atoms with Gasteiger partial charge in [-0.25, -0.2) is 4.98 Å². The number of aromatic nitrogens is 3. The average Bonchev–Trinajstić information content (AvgIpc) is 3.42. The lowest BCUT2D eigenvalue weighted by atomic mass is 9.90. The molecule has 0 saturated carbocycles. The largest absolute Gasteiger partial charge is 0.494 e. The maximum Gasteiger partial charge on any atom is 0.273 e. The number of rotatable bonds is 7. The van der Waals surface area contributed by atoms with Crippen molar-refractivity contribution in [3.63, 3.8) is 0 Å². The summed E-state index contributed by atoms with van der Waals surface area (Å²) >= 11 is 1.50. The number of aryl methyl sites for hydroxylation is 2. The van der Waals surface area contributed by atoms with Crippen LogP contribution in [0.25, 0.3) is 10.6 Å². The van der Waals surface area contributed by atoms with Gasteiger partial charge in [-0.15, -0.1) is 11.3 Å². The summed E-state index contributed by atoms with van der Waals surface area (Å²) in [6.07, 6.45) is 8.06. The molecule has 0 unspecified atom stereocenters. The van der Waals surface area contributed by atoms with Gasteiger partial charge in [-0.05, 0) is 56.2 Å². The Kier molecular flexibility index (Phi) is 6.47. The van der Waals surface area contributed by atoms with Crippen molar-refractivity contribution >= 4 is 17.2 Å². The Bertz CT molecular complexity index is 971. The number of ether oxygens (including phenoxy) is 1. The van der Waals surface area contributed by atoms with Crippen molar-refractivity contribution in [1.82, 2.24) is 19.7 Å². The molecule has 30 heavy (non-hydrogen) atoms. The third-order valence-corrected chi connectivity index (χ3v) is 6.54. The minimum absolute atomic E-state index is 0.0475. The van der Waals surface area contributed by atoms with Crippen LogP contribution in [0.2, 0.25) is 0 Å². The molecule has 4 rings (SSSR count). The van der Waals surface area contributed by atoms with Crippen LogP contribution in [-0.2, 0) is 13.5 Å². The molecule has 7 heteroatoms. The molecule has 0 N–H and O–H groups in total. The van der Waals surface area contributed by atoms with Crippen molar-refractivity contribution < 1.29 is 9.53 Å². The Morgan fingerprint density at radius 1 is 1.23 bits per heavy atom. The molecular weight excluding hydrogens is 396 g/mol. The number of likely N-dealkylation sites (tertiary alicyclic amines) is 1. The first-order valence-electron chi connectivity index (χ1n) is 10.6. The maximum absolute atomic E-state index is 12.9. The predicted octanol–water partition coefficient (Wildman–Crippen LogP) is 4.43. The fraction of sp³-hybridized carbons (Fsp3) is 0.435. The van der Waals surface area contributed by atoms with Gasteiger partial charge in [0.2, 0.25) is 0 Å². The van der Waals surface area contributed by atoms with Crippen LogP contribution in [0.3, 0.4) is 0 Å². The zero-order chi connectivity index (χ0) is 20.9. The zero-order valence-electron chi connectivity index (χ0n) is 17.6.